The monoisotopic (exact) mass is 483 g/mol. The number of carbonyl (C=O) groups excluding carboxylic acids is 4. The molecular formula is C22H33N3O7S. The Hall–Kier alpha value is -2.79. The third-order valence-electron chi connectivity index (χ3n) is 4.86. The number of phenolic OH excluding ortho intramolecular Hbond substituents is 1. The maximum absolute atomic E-state index is 12.9. The first kappa shape index (κ1) is 28.2. The van der Waals surface area contributed by atoms with Gasteiger partial charge >= 0.3 is 12.0 Å². The number of phenols is 1. The number of hydroxylamine groups is 2. The number of nitrogens with zero attached hydrogens (tertiary/aromatic N) is 1. The molecule has 184 valence electrons. The summed E-state index contributed by atoms with van der Waals surface area (Å²) in [6, 6.07) is 4.21. The van der Waals surface area contributed by atoms with E-state index in [1.54, 1.807) is 12.1 Å². The largest absolute Gasteiger partial charge is 0.508 e. The summed E-state index contributed by atoms with van der Waals surface area (Å²) in [7, 11) is 2.57. The Morgan fingerprint density at radius 2 is 1.73 bits per heavy atom. The van der Waals surface area contributed by atoms with Crippen molar-refractivity contribution in [3.05, 3.63) is 24.3 Å². The second kappa shape index (κ2) is 14.4. The van der Waals surface area contributed by atoms with E-state index in [0.29, 0.717) is 24.5 Å². The van der Waals surface area contributed by atoms with E-state index in [9.17, 15) is 29.5 Å². The van der Waals surface area contributed by atoms with Gasteiger partial charge in [-0.25, -0.2) is 4.79 Å². The van der Waals surface area contributed by atoms with Gasteiger partial charge in [0.05, 0.1) is 13.0 Å². The van der Waals surface area contributed by atoms with Gasteiger partial charge in [0.1, 0.15) is 11.8 Å². The van der Waals surface area contributed by atoms with Crippen molar-refractivity contribution in [1.29, 1.82) is 0 Å². The molecule has 0 aliphatic rings. The molecule has 0 saturated heterocycles. The molecule has 0 bridgehead atoms. The molecule has 0 aliphatic carbocycles. The van der Waals surface area contributed by atoms with Crippen LogP contribution in [0.25, 0.3) is 0 Å². The lowest BCUT2D eigenvalue weighted by Crippen LogP contribution is -2.52. The van der Waals surface area contributed by atoms with Crippen LogP contribution in [0.1, 0.15) is 39.5 Å². The first-order valence-corrected chi connectivity index (χ1v) is 11.6. The molecule has 0 heterocycles. The summed E-state index contributed by atoms with van der Waals surface area (Å²) >= 11 is 1.37. The number of esters is 1. The smallest absolute Gasteiger partial charge is 0.349 e. The fraction of sp³-hybridized carbons (Fsp3) is 0.545. The zero-order valence-electron chi connectivity index (χ0n) is 19.4. The number of nitrogens with one attached hydrogen (secondary N) is 2. The average Bonchev–Trinajstić information content (AvgIpc) is 2.80. The Labute approximate surface area is 198 Å². The molecule has 4 N–H and O–H groups in total. The molecule has 0 spiro atoms. The van der Waals surface area contributed by atoms with E-state index in [2.05, 4.69) is 15.4 Å². The molecule has 11 heteroatoms. The first-order chi connectivity index (χ1) is 15.6. The fourth-order valence-electron chi connectivity index (χ4n) is 2.84. The van der Waals surface area contributed by atoms with Gasteiger partial charge in [0.25, 0.3) is 5.91 Å². The number of likely N-dealkylation sites (N-methyl/N-ethyl adjacent to an activating group) is 1. The summed E-state index contributed by atoms with van der Waals surface area (Å²) < 4.78 is 4.54. The van der Waals surface area contributed by atoms with Crippen molar-refractivity contribution in [1.82, 2.24) is 15.7 Å². The van der Waals surface area contributed by atoms with Crippen LogP contribution < -0.4 is 10.6 Å². The lowest BCUT2D eigenvalue weighted by molar-refractivity contribution is -0.157. The fourth-order valence-corrected chi connectivity index (χ4v) is 3.87. The number of rotatable bonds is 12. The topological polar surface area (TPSA) is 145 Å². The Morgan fingerprint density at radius 3 is 2.27 bits per heavy atom. The molecule has 4 amide bonds. The van der Waals surface area contributed by atoms with Gasteiger partial charge in [-0.1, -0.05) is 20.3 Å². The van der Waals surface area contributed by atoms with Gasteiger partial charge in [-0.05, 0) is 43.0 Å². The van der Waals surface area contributed by atoms with Gasteiger partial charge in [-0.2, -0.15) is 0 Å². The van der Waals surface area contributed by atoms with Crippen LogP contribution in [-0.2, 0) is 19.1 Å². The van der Waals surface area contributed by atoms with Crippen LogP contribution in [0, 0.1) is 11.8 Å². The molecule has 1 aromatic rings. The van der Waals surface area contributed by atoms with Crippen molar-refractivity contribution in [3.8, 4) is 5.75 Å². The number of imide groups is 1. The highest BCUT2D eigenvalue weighted by Crippen LogP contribution is 2.26. The molecular weight excluding hydrogens is 450 g/mol. The minimum absolute atomic E-state index is 0.00351. The van der Waals surface area contributed by atoms with Gasteiger partial charge in [0, 0.05) is 24.1 Å². The molecule has 2 atom stereocenters. The molecule has 1 rings (SSSR count). The molecule has 10 nitrogen and oxygen atoms in total. The van der Waals surface area contributed by atoms with Crippen molar-refractivity contribution in [3.63, 3.8) is 0 Å². The molecule has 0 aromatic heterocycles. The number of ether oxygens (including phenoxy) is 1. The number of hydrogen-bond donors (Lipinski definition) is 4. The molecule has 0 fully saturated rings. The second-order valence-corrected chi connectivity index (χ2v) is 8.95. The standard InChI is InChI=1S/C22H33N3O7S/c1-14(2)5-6-15(13-33-17-9-7-16(26)8-10-17)21(29)25(31)22(30)24-18(20(28)23-3)11-12-19(27)32-4/h7-10,14-15,18,26,31H,5-6,11-13H2,1-4H3,(H,23,28)(H,24,30)/t15-,18-/m0/s1. The van der Waals surface area contributed by atoms with Crippen molar-refractivity contribution >= 4 is 35.6 Å². The highest BCUT2D eigenvalue weighted by atomic mass is 32.2. The van der Waals surface area contributed by atoms with Gasteiger partial charge in [0.2, 0.25) is 5.91 Å². The van der Waals surface area contributed by atoms with E-state index >= 15 is 0 Å². The summed E-state index contributed by atoms with van der Waals surface area (Å²) in [5.41, 5.74) is 0. The zero-order chi connectivity index (χ0) is 25.0. The summed E-state index contributed by atoms with van der Waals surface area (Å²) in [6.45, 7) is 4.01. The molecule has 1 aromatic carbocycles. The third-order valence-corrected chi connectivity index (χ3v) is 6.03. The van der Waals surface area contributed by atoms with E-state index < -0.39 is 35.8 Å². The molecule has 0 unspecified atom stereocenters. The number of urea groups is 1. The summed E-state index contributed by atoms with van der Waals surface area (Å²) in [5.74, 6) is -1.83. The highest BCUT2D eigenvalue weighted by Gasteiger charge is 2.31. The SMILES string of the molecule is CNC(=O)[C@H](CCC(=O)OC)NC(=O)N(O)C(=O)[C@@H](CCC(C)C)CSc1ccc(O)cc1. The van der Waals surface area contributed by atoms with E-state index in [4.69, 9.17) is 0 Å². The van der Waals surface area contributed by atoms with Crippen molar-refractivity contribution < 1.29 is 34.2 Å². The van der Waals surface area contributed by atoms with E-state index in [0.717, 1.165) is 4.90 Å². The second-order valence-electron chi connectivity index (χ2n) is 7.85. The lowest BCUT2D eigenvalue weighted by Gasteiger charge is -2.24. The maximum atomic E-state index is 12.9. The van der Waals surface area contributed by atoms with Gasteiger partial charge < -0.3 is 20.5 Å². The van der Waals surface area contributed by atoms with Crippen LogP contribution in [-0.4, -0.2) is 65.1 Å². The van der Waals surface area contributed by atoms with E-state index in [1.165, 1.54) is 38.1 Å². The van der Waals surface area contributed by atoms with Crippen LogP contribution in [0.2, 0.25) is 0 Å². The zero-order valence-corrected chi connectivity index (χ0v) is 20.2. The third kappa shape index (κ3) is 10.1. The average molecular weight is 484 g/mol. The number of amides is 4. The van der Waals surface area contributed by atoms with Crippen molar-refractivity contribution in [2.45, 2.75) is 50.5 Å². The number of methoxy groups -OCH3 is 1. The summed E-state index contributed by atoms with van der Waals surface area (Å²) in [6.07, 6.45) is 0.970. The number of thioether (sulfide) groups is 1. The predicted octanol–water partition coefficient (Wildman–Crippen LogP) is 2.53. The van der Waals surface area contributed by atoms with Crippen LogP contribution in [0.3, 0.4) is 0 Å². The molecule has 33 heavy (non-hydrogen) atoms. The van der Waals surface area contributed by atoms with E-state index in [-0.39, 0.29) is 23.7 Å². The van der Waals surface area contributed by atoms with Gasteiger partial charge in [0.15, 0.2) is 0 Å². The first-order valence-electron chi connectivity index (χ1n) is 10.6. The van der Waals surface area contributed by atoms with Crippen LogP contribution in [0.4, 0.5) is 4.79 Å². The Morgan fingerprint density at radius 1 is 1.09 bits per heavy atom. The number of benzene rings is 1. The summed E-state index contributed by atoms with van der Waals surface area (Å²) in [4.78, 5) is 49.6. The van der Waals surface area contributed by atoms with Gasteiger partial charge in [-0.15, -0.1) is 16.8 Å². The number of carbonyl (C=O) groups is 4. The van der Waals surface area contributed by atoms with Gasteiger partial charge in [-0.3, -0.25) is 19.6 Å². The quantitative estimate of drug-likeness (QED) is 0.154. The Balaban J connectivity index is 2.85. The normalized spacial score (nSPS) is 12.5. The van der Waals surface area contributed by atoms with Crippen molar-refractivity contribution in [2.24, 2.45) is 11.8 Å². The van der Waals surface area contributed by atoms with Crippen LogP contribution >= 0.6 is 11.8 Å². The Bertz CT molecular complexity index is 802. The van der Waals surface area contributed by atoms with Crippen LogP contribution in [0.5, 0.6) is 5.75 Å². The number of aromatic hydroxyl groups is 1. The van der Waals surface area contributed by atoms with Crippen LogP contribution in [0.15, 0.2) is 29.2 Å². The molecule has 0 saturated carbocycles. The molecule has 0 radical (unpaired) electrons. The minimum atomic E-state index is -1.15. The predicted molar refractivity (Wildman–Crippen MR) is 123 cm³/mol. The molecule has 0 aliphatic heterocycles. The number of hydrogen-bond acceptors (Lipinski definition) is 8. The summed E-state index contributed by atoms with van der Waals surface area (Å²) in [5, 5.41) is 24.4. The van der Waals surface area contributed by atoms with E-state index in [1.807, 2.05) is 13.8 Å². The minimum Gasteiger partial charge on any atom is -0.508 e. The Kier molecular flexibility index (Phi) is 12.3. The lowest BCUT2D eigenvalue weighted by atomic mass is 9.98. The van der Waals surface area contributed by atoms with Crippen molar-refractivity contribution in [2.75, 3.05) is 19.9 Å². The highest BCUT2D eigenvalue weighted by molar-refractivity contribution is 7.99. The maximum Gasteiger partial charge on any atom is 0.349 e.